The molecule has 2 amide bonds. The first-order chi connectivity index (χ1) is 9.85. The molecule has 3 N–H and O–H groups in total. The molecule has 0 aliphatic rings. The van der Waals surface area contributed by atoms with Crippen molar-refractivity contribution in [3.05, 3.63) is 28.8 Å². The summed E-state index contributed by atoms with van der Waals surface area (Å²) >= 11 is 5.91. The number of rotatable bonds is 7. The van der Waals surface area contributed by atoms with Gasteiger partial charge < -0.3 is 15.8 Å². The highest BCUT2D eigenvalue weighted by atomic mass is 35.5. The van der Waals surface area contributed by atoms with Gasteiger partial charge in [0.1, 0.15) is 11.8 Å². The Balaban J connectivity index is 2.56. The summed E-state index contributed by atoms with van der Waals surface area (Å²) in [6.45, 7) is 5.46. The van der Waals surface area contributed by atoms with Crippen molar-refractivity contribution in [1.29, 1.82) is 0 Å². The van der Waals surface area contributed by atoms with Crippen LogP contribution < -0.4 is 15.8 Å². The van der Waals surface area contributed by atoms with Crippen LogP contribution in [0.5, 0.6) is 5.75 Å². The second-order valence-electron chi connectivity index (χ2n) is 5.03. The van der Waals surface area contributed by atoms with Gasteiger partial charge in [-0.15, -0.1) is 0 Å². The minimum Gasteiger partial charge on any atom is -0.484 e. The van der Waals surface area contributed by atoms with Gasteiger partial charge in [0.25, 0.3) is 5.91 Å². The Kier molecular flexibility index (Phi) is 6.49. The number of carbonyl (C=O) groups is 2. The van der Waals surface area contributed by atoms with Gasteiger partial charge >= 0.3 is 0 Å². The Morgan fingerprint density at radius 1 is 1.43 bits per heavy atom. The quantitative estimate of drug-likeness (QED) is 0.808. The molecule has 2 unspecified atom stereocenters. The first-order valence-electron chi connectivity index (χ1n) is 6.82. The van der Waals surface area contributed by atoms with Crippen LogP contribution in [0, 0.1) is 12.8 Å². The highest BCUT2D eigenvalue weighted by Gasteiger charge is 2.23. The Labute approximate surface area is 129 Å². The fourth-order valence-electron chi connectivity index (χ4n) is 1.80. The highest BCUT2D eigenvalue weighted by Crippen LogP contribution is 2.20. The van der Waals surface area contributed by atoms with E-state index in [-0.39, 0.29) is 18.4 Å². The fourth-order valence-corrected chi connectivity index (χ4v) is 1.92. The van der Waals surface area contributed by atoms with E-state index in [0.717, 1.165) is 12.0 Å². The van der Waals surface area contributed by atoms with Gasteiger partial charge in [-0.3, -0.25) is 9.59 Å². The number of aryl methyl sites for hydroxylation is 1. The van der Waals surface area contributed by atoms with Crippen LogP contribution in [-0.2, 0) is 9.59 Å². The van der Waals surface area contributed by atoms with Crippen molar-refractivity contribution in [3.8, 4) is 5.75 Å². The van der Waals surface area contributed by atoms with E-state index in [0.29, 0.717) is 10.8 Å². The van der Waals surface area contributed by atoms with E-state index in [9.17, 15) is 9.59 Å². The maximum atomic E-state index is 11.8. The predicted octanol–water partition coefficient (Wildman–Crippen LogP) is 2.04. The van der Waals surface area contributed by atoms with Crippen molar-refractivity contribution in [1.82, 2.24) is 5.32 Å². The average Bonchev–Trinajstić information content (AvgIpc) is 2.44. The molecular formula is C15H21ClN2O3. The molecule has 0 radical (unpaired) electrons. The monoisotopic (exact) mass is 312 g/mol. The number of halogens is 1. The normalized spacial score (nSPS) is 13.3. The van der Waals surface area contributed by atoms with Crippen LogP contribution in [0.4, 0.5) is 0 Å². The van der Waals surface area contributed by atoms with Crippen molar-refractivity contribution in [2.45, 2.75) is 33.2 Å². The molecule has 0 aliphatic heterocycles. The van der Waals surface area contributed by atoms with Gasteiger partial charge in [-0.1, -0.05) is 31.9 Å². The molecule has 2 atom stereocenters. The summed E-state index contributed by atoms with van der Waals surface area (Å²) in [5.41, 5.74) is 6.16. The molecule has 1 aromatic carbocycles. The Morgan fingerprint density at radius 3 is 2.62 bits per heavy atom. The maximum Gasteiger partial charge on any atom is 0.258 e. The zero-order chi connectivity index (χ0) is 16.0. The summed E-state index contributed by atoms with van der Waals surface area (Å²) in [4.78, 5) is 23.2. The Bertz CT molecular complexity index is 520. The zero-order valence-electron chi connectivity index (χ0n) is 12.5. The summed E-state index contributed by atoms with van der Waals surface area (Å²) < 4.78 is 5.37. The number of ether oxygens (including phenoxy) is 1. The third-order valence-electron chi connectivity index (χ3n) is 3.34. The predicted molar refractivity (Wildman–Crippen MR) is 82.3 cm³/mol. The van der Waals surface area contributed by atoms with Crippen molar-refractivity contribution in [3.63, 3.8) is 0 Å². The topological polar surface area (TPSA) is 81.4 Å². The lowest BCUT2D eigenvalue weighted by atomic mass is 9.99. The molecule has 0 aliphatic carbocycles. The van der Waals surface area contributed by atoms with Gasteiger partial charge in [0, 0.05) is 5.02 Å². The molecule has 5 nitrogen and oxygen atoms in total. The Hall–Kier alpha value is -1.75. The molecule has 0 aromatic heterocycles. The van der Waals surface area contributed by atoms with Crippen molar-refractivity contribution >= 4 is 23.4 Å². The average molecular weight is 313 g/mol. The van der Waals surface area contributed by atoms with Gasteiger partial charge in [0.05, 0.1) is 0 Å². The standard InChI is InChI=1S/C15H21ClN2O3/c1-4-9(2)14(15(17)20)18-13(19)8-21-11-5-6-12(16)10(3)7-11/h5-7,9,14H,4,8H2,1-3H3,(H2,17,20)(H,18,19). The molecule has 0 heterocycles. The van der Waals surface area contributed by atoms with E-state index >= 15 is 0 Å². The lowest BCUT2D eigenvalue weighted by Crippen LogP contribution is -2.49. The Morgan fingerprint density at radius 2 is 2.10 bits per heavy atom. The van der Waals surface area contributed by atoms with E-state index in [1.165, 1.54) is 0 Å². The van der Waals surface area contributed by atoms with Crippen LogP contribution >= 0.6 is 11.6 Å². The van der Waals surface area contributed by atoms with Crippen LogP contribution in [0.25, 0.3) is 0 Å². The number of hydrogen-bond acceptors (Lipinski definition) is 3. The summed E-state index contributed by atoms with van der Waals surface area (Å²) in [5.74, 6) is -0.401. The van der Waals surface area contributed by atoms with Crippen molar-refractivity contribution in [2.75, 3.05) is 6.61 Å². The molecule has 0 saturated heterocycles. The van der Waals surface area contributed by atoms with E-state index in [2.05, 4.69) is 5.32 Å². The molecule has 1 rings (SSSR count). The summed E-state index contributed by atoms with van der Waals surface area (Å²) in [6, 6.07) is 4.45. The summed E-state index contributed by atoms with van der Waals surface area (Å²) in [5, 5.41) is 3.24. The molecule has 0 spiro atoms. The van der Waals surface area contributed by atoms with Crippen LogP contribution in [-0.4, -0.2) is 24.5 Å². The fraction of sp³-hybridized carbons (Fsp3) is 0.467. The first-order valence-corrected chi connectivity index (χ1v) is 7.20. The van der Waals surface area contributed by atoms with Gasteiger partial charge in [-0.2, -0.15) is 0 Å². The highest BCUT2D eigenvalue weighted by molar-refractivity contribution is 6.31. The third kappa shape index (κ3) is 5.27. The molecule has 21 heavy (non-hydrogen) atoms. The van der Waals surface area contributed by atoms with Crippen LogP contribution in [0.2, 0.25) is 5.02 Å². The SMILES string of the molecule is CCC(C)C(NC(=O)COc1ccc(Cl)c(C)c1)C(N)=O. The van der Waals surface area contributed by atoms with Gasteiger partial charge in [0.15, 0.2) is 6.61 Å². The number of primary amides is 1. The van der Waals surface area contributed by atoms with E-state index in [4.69, 9.17) is 22.1 Å². The van der Waals surface area contributed by atoms with Crippen molar-refractivity contribution in [2.24, 2.45) is 11.7 Å². The smallest absolute Gasteiger partial charge is 0.258 e. The largest absolute Gasteiger partial charge is 0.484 e. The molecule has 6 heteroatoms. The minimum atomic E-state index is -0.682. The lowest BCUT2D eigenvalue weighted by molar-refractivity contribution is -0.129. The van der Waals surface area contributed by atoms with E-state index in [1.807, 2.05) is 20.8 Å². The molecule has 1 aromatic rings. The number of nitrogens with two attached hydrogens (primary N) is 1. The first kappa shape index (κ1) is 17.3. The lowest BCUT2D eigenvalue weighted by Gasteiger charge is -2.21. The number of nitrogens with one attached hydrogen (secondary N) is 1. The third-order valence-corrected chi connectivity index (χ3v) is 3.76. The summed E-state index contributed by atoms with van der Waals surface area (Å²) in [7, 11) is 0. The second-order valence-corrected chi connectivity index (χ2v) is 5.44. The van der Waals surface area contributed by atoms with Gasteiger partial charge in [-0.05, 0) is 36.6 Å². The van der Waals surface area contributed by atoms with Crippen LogP contribution in [0.15, 0.2) is 18.2 Å². The summed E-state index contributed by atoms with van der Waals surface area (Å²) in [6.07, 6.45) is 0.741. The van der Waals surface area contributed by atoms with Gasteiger partial charge in [-0.25, -0.2) is 0 Å². The molecule has 0 saturated carbocycles. The number of amides is 2. The number of carbonyl (C=O) groups excluding carboxylic acids is 2. The molecule has 0 bridgehead atoms. The molecular weight excluding hydrogens is 292 g/mol. The zero-order valence-corrected chi connectivity index (χ0v) is 13.2. The van der Waals surface area contributed by atoms with Crippen LogP contribution in [0.1, 0.15) is 25.8 Å². The number of benzene rings is 1. The van der Waals surface area contributed by atoms with Crippen molar-refractivity contribution < 1.29 is 14.3 Å². The minimum absolute atomic E-state index is 0.0239. The second kappa shape index (κ2) is 7.88. The van der Waals surface area contributed by atoms with E-state index < -0.39 is 11.9 Å². The van der Waals surface area contributed by atoms with Crippen LogP contribution in [0.3, 0.4) is 0 Å². The maximum absolute atomic E-state index is 11.8. The molecule has 0 fully saturated rings. The van der Waals surface area contributed by atoms with Gasteiger partial charge in [0.2, 0.25) is 5.91 Å². The number of hydrogen-bond donors (Lipinski definition) is 2. The molecule has 116 valence electrons. The van der Waals surface area contributed by atoms with E-state index in [1.54, 1.807) is 18.2 Å².